The van der Waals surface area contributed by atoms with Crippen molar-refractivity contribution in [3.8, 4) is 0 Å². The van der Waals surface area contributed by atoms with Gasteiger partial charge in [0, 0.05) is 0 Å². The first-order valence-electron chi connectivity index (χ1n) is 9.72. The first-order chi connectivity index (χ1) is 14.1. The van der Waals surface area contributed by atoms with Crippen molar-refractivity contribution in [2.75, 3.05) is 12.1 Å². The van der Waals surface area contributed by atoms with Gasteiger partial charge in [-0.3, -0.25) is 9.59 Å². The molecular weight excluding hydrogens is 425 g/mol. The highest BCUT2D eigenvalue weighted by Gasteiger charge is 2.40. The van der Waals surface area contributed by atoms with E-state index >= 15 is 0 Å². The summed E-state index contributed by atoms with van der Waals surface area (Å²) in [5.41, 5.74) is 4.88. The summed E-state index contributed by atoms with van der Waals surface area (Å²) >= 11 is 0. The zero-order valence-corrected chi connectivity index (χ0v) is 19.8. The molecule has 2 rings (SSSR count). The average molecular weight is 455 g/mol. The number of nitrogens with two attached hydrogens (primary N) is 1. The lowest BCUT2D eigenvalue weighted by Gasteiger charge is -2.26. The van der Waals surface area contributed by atoms with E-state index in [1.807, 2.05) is 0 Å². The van der Waals surface area contributed by atoms with E-state index in [1.165, 1.54) is 12.7 Å². The van der Waals surface area contributed by atoms with Crippen molar-refractivity contribution < 1.29 is 27.9 Å². The standard InChI is InChI=1S/C19H30N5O6P/c1-12(8-24-10-23-13-14(20)21-9-22-15(13)24)28-11-31(27,29-16(25)18(2,3)4)30-17(26)19(5,6)7/h9-10,12H,8,11H2,1-7H3,(H2,20,21,22)/t12-/m1/s1. The minimum Gasteiger partial charge on any atom is -0.382 e. The summed E-state index contributed by atoms with van der Waals surface area (Å²) in [5.74, 6) is -1.27. The lowest BCUT2D eigenvalue weighted by molar-refractivity contribution is -0.148. The fourth-order valence-electron chi connectivity index (χ4n) is 2.18. The molecule has 2 N–H and O–H groups in total. The summed E-state index contributed by atoms with van der Waals surface area (Å²) < 4.78 is 30.8. The predicted molar refractivity (Wildman–Crippen MR) is 114 cm³/mol. The molecule has 0 aromatic carbocycles. The van der Waals surface area contributed by atoms with Crippen LogP contribution in [-0.2, 0) is 34.5 Å². The van der Waals surface area contributed by atoms with E-state index in [1.54, 1.807) is 53.0 Å². The van der Waals surface area contributed by atoms with Gasteiger partial charge >= 0.3 is 19.5 Å². The Bertz CT molecular complexity index is 975. The van der Waals surface area contributed by atoms with Gasteiger partial charge in [-0.2, -0.15) is 0 Å². The smallest absolute Gasteiger partial charge is 0.382 e. The molecule has 0 saturated heterocycles. The van der Waals surface area contributed by atoms with Gasteiger partial charge in [0.25, 0.3) is 0 Å². The highest BCUT2D eigenvalue weighted by atomic mass is 31.2. The quantitative estimate of drug-likeness (QED) is 0.617. The van der Waals surface area contributed by atoms with Gasteiger partial charge in [-0.15, -0.1) is 0 Å². The Labute approximate surface area is 181 Å². The summed E-state index contributed by atoms with van der Waals surface area (Å²) in [7, 11) is -4.22. The maximum atomic E-state index is 13.2. The van der Waals surface area contributed by atoms with Gasteiger partial charge in [0.2, 0.25) is 0 Å². The van der Waals surface area contributed by atoms with Crippen LogP contribution >= 0.6 is 7.60 Å². The molecule has 1 atom stereocenters. The molecule has 31 heavy (non-hydrogen) atoms. The van der Waals surface area contributed by atoms with Gasteiger partial charge in [-0.1, -0.05) is 0 Å². The van der Waals surface area contributed by atoms with Gasteiger partial charge in [-0.25, -0.2) is 19.5 Å². The van der Waals surface area contributed by atoms with Crippen molar-refractivity contribution in [2.24, 2.45) is 10.8 Å². The largest absolute Gasteiger partial charge is 0.460 e. The van der Waals surface area contributed by atoms with E-state index in [0.717, 1.165) is 0 Å². The Balaban J connectivity index is 2.14. The molecular formula is C19H30N5O6P. The molecule has 2 aromatic heterocycles. The number of fused-ring (bicyclic) bond motifs is 1. The van der Waals surface area contributed by atoms with Crippen LogP contribution in [0.4, 0.5) is 5.82 Å². The van der Waals surface area contributed by atoms with Gasteiger partial charge in [0.05, 0.1) is 29.8 Å². The summed E-state index contributed by atoms with van der Waals surface area (Å²) in [5, 5.41) is 0. The summed E-state index contributed by atoms with van der Waals surface area (Å²) in [6.07, 6.45) is 1.77. The maximum absolute atomic E-state index is 13.2. The highest BCUT2D eigenvalue weighted by molar-refractivity contribution is 7.54. The van der Waals surface area contributed by atoms with E-state index < -0.39 is 42.8 Å². The summed E-state index contributed by atoms with van der Waals surface area (Å²) in [4.78, 5) is 36.8. The van der Waals surface area contributed by atoms with Crippen LogP contribution in [-0.4, -0.2) is 43.9 Å². The second kappa shape index (κ2) is 8.92. The van der Waals surface area contributed by atoms with E-state index in [2.05, 4.69) is 15.0 Å². The number of nitrogens with zero attached hydrogens (tertiary/aromatic N) is 4. The van der Waals surface area contributed by atoms with Crippen LogP contribution in [0.15, 0.2) is 12.7 Å². The molecule has 2 heterocycles. The van der Waals surface area contributed by atoms with Crippen LogP contribution in [0.3, 0.4) is 0 Å². The number of hydrogen-bond acceptors (Lipinski definition) is 10. The Morgan fingerprint density at radius 3 is 2.13 bits per heavy atom. The molecule has 0 fully saturated rings. The first kappa shape index (κ1) is 24.7. The third-order valence-corrected chi connectivity index (χ3v) is 5.42. The normalized spacial score (nSPS) is 13.8. The minimum absolute atomic E-state index is 0.255. The molecule has 0 unspecified atom stereocenters. The number of aromatic nitrogens is 4. The first-order valence-corrected chi connectivity index (χ1v) is 11.5. The van der Waals surface area contributed by atoms with Crippen molar-refractivity contribution in [1.82, 2.24) is 19.5 Å². The second-order valence-corrected chi connectivity index (χ2v) is 11.1. The number of imidazole rings is 1. The van der Waals surface area contributed by atoms with Crippen LogP contribution in [0.5, 0.6) is 0 Å². The molecule has 0 bridgehead atoms. The van der Waals surface area contributed by atoms with Crippen molar-refractivity contribution in [3.05, 3.63) is 12.7 Å². The fraction of sp³-hybridized carbons (Fsp3) is 0.632. The van der Waals surface area contributed by atoms with E-state index in [-0.39, 0.29) is 12.4 Å². The van der Waals surface area contributed by atoms with Crippen molar-refractivity contribution in [1.29, 1.82) is 0 Å². The number of nitrogen functional groups attached to an aromatic ring is 1. The molecule has 0 spiro atoms. The van der Waals surface area contributed by atoms with Crippen LogP contribution in [0.1, 0.15) is 48.5 Å². The van der Waals surface area contributed by atoms with Gasteiger partial charge in [-0.05, 0) is 48.5 Å². The lowest BCUT2D eigenvalue weighted by Crippen LogP contribution is -2.28. The summed E-state index contributed by atoms with van der Waals surface area (Å²) in [6.45, 7) is 11.6. The van der Waals surface area contributed by atoms with Gasteiger partial charge in [0.1, 0.15) is 11.8 Å². The summed E-state index contributed by atoms with van der Waals surface area (Å²) in [6, 6.07) is 0. The molecule has 0 radical (unpaired) electrons. The van der Waals surface area contributed by atoms with Crippen LogP contribution in [0.2, 0.25) is 0 Å². The van der Waals surface area contributed by atoms with Crippen LogP contribution in [0, 0.1) is 10.8 Å². The second-order valence-electron chi connectivity index (χ2n) is 9.30. The third kappa shape index (κ3) is 6.48. The molecule has 172 valence electrons. The zero-order chi connectivity index (χ0) is 23.6. The van der Waals surface area contributed by atoms with Gasteiger partial charge in [0.15, 0.2) is 17.8 Å². The van der Waals surface area contributed by atoms with Gasteiger partial charge < -0.3 is 24.1 Å². The number of hydrogen-bond donors (Lipinski definition) is 1. The topological polar surface area (TPSA) is 149 Å². The SMILES string of the molecule is C[C@H](Cn1cnc2c(N)ncnc21)OCP(=O)(OC(=O)C(C)(C)C)OC(=O)C(C)(C)C. The van der Waals surface area contributed by atoms with Crippen molar-refractivity contribution in [3.63, 3.8) is 0 Å². The fourth-order valence-corrected chi connectivity index (χ4v) is 3.81. The Hall–Kier alpha value is -2.52. The molecule has 0 amide bonds. The Morgan fingerprint density at radius 2 is 1.61 bits per heavy atom. The monoisotopic (exact) mass is 455 g/mol. The number of ether oxygens (including phenoxy) is 1. The predicted octanol–water partition coefficient (Wildman–Crippen LogP) is 3.14. The maximum Gasteiger partial charge on any atom is 0.460 e. The van der Waals surface area contributed by atoms with Crippen LogP contribution in [0.25, 0.3) is 11.2 Å². The number of carbonyl (C=O) groups is 2. The molecule has 0 aliphatic heterocycles. The average Bonchev–Trinajstić information content (AvgIpc) is 3.02. The van der Waals surface area contributed by atoms with Crippen molar-refractivity contribution in [2.45, 2.75) is 61.1 Å². The van der Waals surface area contributed by atoms with Crippen molar-refractivity contribution >= 4 is 36.5 Å². The lowest BCUT2D eigenvalue weighted by atomic mass is 9.98. The van der Waals surface area contributed by atoms with Crippen LogP contribution < -0.4 is 5.73 Å². The Kier molecular flexibility index (Phi) is 7.12. The molecule has 0 aliphatic rings. The highest BCUT2D eigenvalue weighted by Crippen LogP contribution is 2.51. The minimum atomic E-state index is -4.22. The molecule has 12 heteroatoms. The number of rotatable bonds is 7. The Morgan fingerprint density at radius 1 is 1.06 bits per heavy atom. The number of carbonyl (C=O) groups excluding carboxylic acids is 2. The number of anilines is 1. The zero-order valence-electron chi connectivity index (χ0n) is 18.9. The molecule has 0 saturated carbocycles. The van der Waals surface area contributed by atoms with E-state index in [9.17, 15) is 14.2 Å². The molecule has 11 nitrogen and oxygen atoms in total. The molecule has 2 aromatic rings. The third-order valence-electron chi connectivity index (χ3n) is 4.07. The van der Waals surface area contributed by atoms with E-state index in [4.69, 9.17) is 19.5 Å². The van der Waals surface area contributed by atoms with E-state index in [0.29, 0.717) is 11.2 Å². The molecule has 0 aliphatic carbocycles.